The van der Waals surface area contributed by atoms with E-state index in [0.29, 0.717) is 17.5 Å². The molecule has 100 valence electrons. The molecule has 1 aromatic rings. The highest BCUT2D eigenvalue weighted by Crippen LogP contribution is 2.32. The maximum absolute atomic E-state index is 7.99. The second kappa shape index (κ2) is 8.03. The first-order chi connectivity index (χ1) is 8.60. The largest absolute Gasteiger partial charge is 0.481 e. The summed E-state index contributed by atoms with van der Waals surface area (Å²) in [7, 11) is 0. The Labute approximate surface area is 126 Å². The summed E-state index contributed by atoms with van der Waals surface area (Å²) in [6, 6.07) is 5.65. The van der Waals surface area contributed by atoms with E-state index in [9.17, 15) is 0 Å². The summed E-state index contributed by atoms with van der Waals surface area (Å²) in [5.41, 5.74) is 0.912. The van der Waals surface area contributed by atoms with Gasteiger partial charge < -0.3 is 4.74 Å². The SMILES string of the molecule is CCOC(=N)C(CCCCl)c1cc(Br)ccc1Cl. The first kappa shape index (κ1) is 15.8. The number of hydrogen-bond acceptors (Lipinski definition) is 2. The molecule has 1 N–H and O–H groups in total. The lowest BCUT2D eigenvalue weighted by atomic mass is 9.94. The molecule has 2 nitrogen and oxygen atoms in total. The molecule has 0 heterocycles. The van der Waals surface area contributed by atoms with Gasteiger partial charge in [-0.2, -0.15) is 0 Å². The van der Waals surface area contributed by atoms with Crippen molar-refractivity contribution in [2.24, 2.45) is 0 Å². The van der Waals surface area contributed by atoms with Gasteiger partial charge in [0.05, 0.1) is 12.5 Å². The maximum atomic E-state index is 7.99. The van der Waals surface area contributed by atoms with Crippen molar-refractivity contribution in [3.63, 3.8) is 0 Å². The van der Waals surface area contributed by atoms with Crippen LogP contribution in [-0.4, -0.2) is 18.4 Å². The van der Waals surface area contributed by atoms with E-state index in [-0.39, 0.29) is 11.8 Å². The van der Waals surface area contributed by atoms with Crippen LogP contribution in [0.5, 0.6) is 0 Å². The van der Waals surface area contributed by atoms with Crippen LogP contribution in [0.15, 0.2) is 22.7 Å². The lowest BCUT2D eigenvalue weighted by Gasteiger charge is -2.19. The third-order valence-electron chi connectivity index (χ3n) is 2.58. The first-order valence-corrected chi connectivity index (χ1v) is 7.52. The summed E-state index contributed by atoms with van der Waals surface area (Å²) in [6.45, 7) is 2.36. The average Bonchev–Trinajstić information content (AvgIpc) is 2.34. The van der Waals surface area contributed by atoms with Crippen LogP contribution in [-0.2, 0) is 4.74 Å². The number of nitrogens with one attached hydrogen (secondary N) is 1. The molecular weight excluding hydrogens is 337 g/mol. The molecule has 0 spiro atoms. The van der Waals surface area contributed by atoms with Gasteiger partial charge >= 0.3 is 0 Å². The van der Waals surface area contributed by atoms with Gasteiger partial charge in [0.25, 0.3) is 0 Å². The highest BCUT2D eigenvalue weighted by Gasteiger charge is 2.21. The number of alkyl halides is 1. The molecule has 1 aromatic carbocycles. The van der Waals surface area contributed by atoms with Crippen LogP contribution in [0.25, 0.3) is 0 Å². The zero-order valence-electron chi connectivity index (χ0n) is 10.2. The Morgan fingerprint density at radius 3 is 2.83 bits per heavy atom. The Kier molecular flexibility index (Phi) is 7.05. The summed E-state index contributed by atoms with van der Waals surface area (Å²) >= 11 is 15.4. The van der Waals surface area contributed by atoms with Crippen molar-refractivity contribution in [2.75, 3.05) is 12.5 Å². The van der Waals surface area contributed by atoms with Gasteiger partial charge in [-0.25, -0.2) is 0 Å². The molecule has 0 radical (unpaired) electrons. The van der Waals surface area contributed by atoms with Crippen molar-refractivity contribution in [3.8, 4) is 0 Å². The fraction of sp³-hybridized carbons (Fsp3) is 0.462. The standard InChI is InChI=1S/C13H16BrCl2NO/c1-2-18-13(17)10(4-3-7-15)11-8-9(14)5-6-12(11)16/h5-6,8,10,17H,2-4,7H2,1H3. The molecule has 0 aliphatic heterocycles. The summed E-state index contributed by atoms with van der Waals surface area (Å²) in [5.74, 6) is 0.693. The van der Waals surface area contributed by atoms with Gasteiger partial charge in [-0.05, 0) is 43.5 Å². The second-order valence-electron chi connectivity index (χ2n) is 3.85. The summed E-state index contributed by atoms with van der Waals surface area (Å²) in [6.07, 6.45) is 1.59. The normalized spacial score (nSPS) is 12.2. The van der Waals surface area contributed by atoms with Crippen LogP contribution in [0, 0.1) is 5.41 Å². The van der Waals surface area contributed by atoms with E-state index in [1.165, 1.54) is 0 Å². The van der Waals surface area contributed by atoms with E-state index in [2.05, 4.69) is 15.9 Å². The molecule has 1 atom stereocenters. The maximum Gasteiger partial charge on any atom is 0.188 e. The van der Waals surface area contributed by atoms with Gasteiger partial charge in [-0.15, -0.1) is 11.6 Å². The highest BCUT2D eigenvalue weighted by atomic mass is 79.9. The lowest BCUT2D eigenvalue weighted by molar-refractivity contribution is 0.305. The van der Waals surface area contributed by atoms with Gasteiger partial charge in [-0.3, -0.25) is 5.41 Å². The quantitative estimate of drug-likeness (QED) is 0.425. The fourth-order valence-electron chi connectivity index (χ4n) is 1.75. The summed E-state index contributed by atoms with van der Waals surface area (Å²) in [4.78, 5) is 0. The van der Waals surface area contributed by atoms with E-state index in [4.69, 9.17) is 33.3 Å². The van der Waals surface area contributed by atoms with Crippen molar-refractivity contribution in [1.29, 1.82) is 5.41 Å². The smallest absolute Gasteiger partial charge is 0.188 e. The minimum absolute atomic E-state index is 0.131. The molecule has 1 rings (SSSR count). The van der Waals surface area contributed by atoms with Crippen LogP contribution >= 0.6 is 39.1 Å². The third kappa shape index (κ3) is 4.45. The Morgan fingerprint density at radius 1 is 1.50 bits per heavy atom. The van der Waals surface area contributed by atoms with E-state index in [1.54, 1.807) is 0 Å². The zero-order chi connectivity index (χ0) is 13.5. The number of halogens is 3. The molecule has 1 unspecified atom stereocenters. The Balaban J connectivity index is 3.00. The average molecular weight is 353 g/mol. The number of benzene rings is 1. The predicted molar refractivity (Wildman–Crippen MR) is 81.2 cm³/mol. The first-order valence-electron chi connectivity index (χ1n) is 5.82. The molecule has 5 heteroatoms. The molecule has 0 aliphatic carbocycles. The molecule has 0 aliphatic rings. The van der Waals surface area contributed by atoms with Crippen molar-refractivity contribution in [1.82, 2.24) is 0 Å². The molecular formula is C13H16BrCl2NO. The summed E-state index contributed by atoms with van der Waals surface area (Å²) in [5, 5.41) is 8.64. The molecule has 18 heavy (non-hydrogen) atoms. The predicted octanol–water partition coefficient (Wildman–Crippen LogP) is 5.22. The molecule has 0 saturated heterocycles. The Morgan fingerprint density at radius 2 is 2.22 bits per heavy atom. The van der Waals surface area contributed by atoms with Gasteiger partial charge in [0.15, 0.2) is 5.90 Å². The summed E-state index contributed by atoms with van der Waals surface area (Å²) < 4.78 is 6.26. The van der Waals surface area contributed by atoms with Crippen LogP contribution in [0.3, 0.4) is 0 Å². The molecule has 0 amide bonds. The van der Waals surface area contributed by atoms with E-state index in [1.807, 2.05) is 25.1 Å². The molecule has 0 aromatic heterocycles. The zero-order valence-corrected chi connectivity index (χ0v) is 13.3. The number of ether oxygens (including phenoxy) is 1. The monoisotopic (exact) mass is 351 g/mol. The van der Waals surface area contributed by atoms with Crippen LogP contribution in [0.1, 0.15) is 31.2 Å². The number of hydrogen-bond donors (Lipinski definition) is 1. The van der Waals surface area contributed by atoms with E-state index in [0.717, 1.165) is 22.9 Å². The van der Waals surface area contributed by atoms with Gasteiger partial charge in [-0.1, -0.05) is 27.5 Å². The number of rotatable bonds is 6. The van der Waals surface area contributed by atoms with Crippen molar-refractivity contribution in [3.05, 3.63) is 33.3 Å². The third-order valence-corrected chi connectivity index (χ3v) is 3.68. The second-order valence-corrected chi connectivity index (χ2v) is 5.55. The van der Waals surface area contributed by atoms with E-state index < -0.39 is 0 Å². The minimum atomic E-state index is -0.131. The Bertz CT molecular complexity index is 412. The minimum Gasteiger partial charge on any atom is -0.481 e. The van der Waals surface area contributed by atoms with E-state index >= 15 is 0 Å². The molecule has 0 saturated carbocycles. The molecule has 0 fully saturated rings. The van der Waals surface area contributed by atoms with Gasteiger partial charge in [0.1, 0.15) is 0 Å². The topological polar surface area (TPSA) is 33.1 Å². The van der Waals surface area contributed by atoms with Crippen LogP contribution < -0.4 is 0 Å². The highest BCUT2D eigenvalue weighted by molar-refractivity contribution is 9.10. The Hall–Kier alpha value is -0.250. The van der Waals surface area contributed by atoms with Gasteiger partial charge in [0, 0.05) is 15.4 Å². The van der Waals surface area contributed by atoms with Gasteiger partial charge in [0.2, 0.25) is 0 Å². The lowest BCUT2D eigenvalue weighted by Crippen LogP contribution is -2.16. The van der Waals surface area contributed by atoms with Crippen molar-refractivity contribution in [2.45, 2.75) is 25.7 Å². The van der Waals surface area contributed by atoms with Crippen molar-refractivity contribution >= 4 is 45.0 Å². The molecule has 0 bridgehead atoms. The van der Waals surface area contributed by atoms with Crippen LogP contribution in [0.4, 0.5) is 0 Å². The fourth-order valence-corrected chi connectivity index (χ4v) is 2.53. The van der Waals surface area contributed by atoms with Crippen LogP contribution in [0.2, 0.25) is 5.02 Å². The van der Waals surface area contributed by atoms with Crippen molar-refractivity contribution < 1.29 is 4.74 Å².